The fourth-order valence-electron chi connectivity index (χ4n) is 2.06. The number of hydrogen-bond acceptors (Lipinski definition) is 3. The fraction of sp³-hybridized carbons (Fsp3) is 0.917. The normalized spacial score (nSPS) is 23.1. The van der Waals surface area contributed by atoms with Gasteiger partial charge in [-0.2, -0.15) is 13.2 Å². The van der Waals surface area contributed by atoms with Gasteiger partial charge in [-0.25, -0.2) is 4.79 Å². The molecule has 0 aromatic heterocycles. The molecule has 0 aliphatic carbocycles. The highest BCUT2D eigenvalue weighted by atomic mass is 19.4. The van der Waals surface area contributed by atoms with Crippen molar-refractivity contribution >= 4 is 6.09 Å². The van der Waals surface area contributed by atoms with Crippen molar-refractivity contribution in [2.45, 2.75) is 51.4 Å². The molecular formula is C12H21F3N2O2. The maximum atomic E-state index is 12.6. The quantitative estimate of drug-likeness (QED) is 0.804. The molecule has 2 atom stereocenters. The van der Waals surface area contributed by atoms with E-state index in [-0.39, 0.29) is 6.54 Å². The number of alkyl halides is 3. The predicted octanol–water partition coefficient (Wildman–Crippen LogP) is 2.52. The molecule has 1 saturated heterocycles. The molecule has 0 bridgehead atoms. The van der Waals surface area contributed by atoms with Gasteiger partial charge >= 0.3 is 12.3 Å². The van der Waals surface area contributed by atoms with Crippen LogP contribution in [0.4, 0.5) is 18.0 Å². The number of piperidine rings is 1. The van der Waals surface area contributed by atoms with Crippen LogP contribution in [-0.2, 0) is 4.74 Å². The SMILES string of the molecule is CC(C)(C)OC(=O)N1CCC[C@@H]([C@H](N)C(F)(F)F)C1. The van der Waals surface area contributed by atoms with Crippen LogP contribution >= 0.6 is 0 Å². The molecule has 0 aromatic rings. The number of likely N-dealkylation sites (tertiary alicyclic amines) is 1. The Bertz CT molecular complexity index is 326. The van der Waals surface area contributed by atoms with Gasteiger partial charge in [0.15, 0.2) is 0 Å². The average molecular weight is 282 g/mol. The Labute approximate surface area is 111 Å². The van der Waals surface area contributed by atoms with Gasteiger partial charge in [0.2, 0.25) is 0 Å². The summed E-state index contributed by atoms with van der Waals surface area (Å²) in [6.07, 6.45) is -4.12. The lowest BCUT2D eigenvalue weighted by atomic mass is 9.91. The van der Waals surface area contributed by atoms with Gasteiger partial charge in [-0.1, -0.05) is 0 Å². The number of hydrogen-bond donors (Lipinski definition) is 1. The van der Waals surface area contributed by atoms with Gasteiger partial charge in [0.05, 0.1) is 0 Å². The van der Waals surface area contributed by atoms with E-state index in [0.29, 0.717) is 19.4 Å². The van der Waals surface area contributed by atoms with Gasteiger partial charge in [-0.15, -0.1) is 0 Å². The van der Waals surface area contributed by atoms with E-state index in [1.165, 1.54) is 4.90 Å². The van der Waals surface area contributed by atoms with Crippen LogP contribution in [-0.4, -0.2) is 41.9 Å². The lowest BCUT2D eigenvalue weighted by molar-refractivity contribution is -0.162. The molecule has 1 aliphatic heterocycles. The molecule has 19 heavy (non-hydrogen) atoms. The summed E-state index contributed by atoms with van der Waals surface area (Å²) in [5, 5.41) is 0. The third-order valence-electron chi connectivity index (χ3n) is 3.00. The first kappa shape index (κ1) is 16.1. The molecule has 1 aliphatic rings. The first-order chi connectivity index (χ1) is 8.50. The van der Waals surface area contributed by atoms with Crippen molar-refractivity contribution in [2.24, 2.45) is 11.7 Å². The van der Waals surface area contributed by atoms with Gasteiger partial charge < -0.3 is 15.4 Å². The van der Waals surface area contributed by atoms with E-state index in [1.807, 2.05) is 0 Å². The van der Waals surface area contributed by atoms with Crippen LogP contribution in [0.25, 0.3) is 0 Å². The second kappa shape index (κ2) is 5.56. The summed E-state index contributed by atoms with van der Waals surface area (Å²) in [6.45, 7) is 5.56. The van der Waals surface area contributed by atoms with Crippen LogP contribution in [0.3, 0.4) is 0 Å². The highest BCUT2D eigenvalue weighted by Crippen LogP contribution is 2.29. The summed E-state index contributed by atoms with van der Waals surface area (Å²) < 4.78 is 42.9. The van der Waals surface area contributed by atoms with Crippen LogP contribution < -0.4 is 5.73 Å². The third-order valence-corrected chi connectivity index (χ3v) is 3.00. The Balaban J connectivity index is 2.62. The minimum Gasteiger partial charge on any atom is -0.444 e. The average Bonchev–Trinajstić information content (AvgIpc) is 2.24. The summed E-state index contributed by atoms with van der Waals surface area (Å²) in [6, 6.07) is -1.89. The van der Waals surface area contributed by atoms with E-state index in [4.69, 9.17) is 10.5 Å². The predicted molar refractivity (Wildman–Crippen MR) is 64.6 cm³/mol. The Morgan fingerprint density at radius 1 is 1.37 bits per heavy atom. The van der Waals surface area contributed by atoms with Gasteiger partial charge in [0, 0.05) is 19.0 Å². The number of ether oxygens (including phenoxy) is 1. The van der Waals surface area contributed by atoms with E-state index >= 15 is 0 Å². The Morgan fingerprint density at radius 3 is 2.42 bits per heavy atom. The summed E-state index contributed by atoms with van der Waals surface area (Å²) >= 11 is 0. The molecule has 1 amide bonds. The number of carbonyl (C=O) groups excluding carboxylic acids is 1. The highest BCUT2D eigenvalue weighted by molar-refractivity contribution is 5.68. The highest BCUT2D eigenvalue weighted by Gasteiger charge is 2.44. The second-order valence-corrected chi connectivity index (χ2v) is 5.90. The molecule has 0 radical (unpaired) electrons. The lowest BCUT2D eigenvalue weighted by Crippen LogP contribution is -2.52. The van der Waals surface area contributed by atoms with Crippen molar-refractivity contribution < 1.29 is 22.7 Å². The first-order valence-corrected chi connectivity index (χ1v) is 6.31. The molecular weight excluding hydrogens is 261 g/mol. The monoisotopic (exact) mass is 282 g/mol. The van der Waals surface area contributed by atoms with E-state index in [0.717, 1.165) is 0 Å². The van der Waals surface area contributed by atoms with Crippen LogP contribution in [0.15, 0.2) is 0 Å². The largest absolute Gasteiger partial charge is 0.444 e. The lowest BCUT2D eigenvalue weighted by Gasteiger charge is -2.36. The summed E-state index contributed by atoms with van der Waals surface area (Å²) in [4.78, 5) is 13.1. The molecule has 1 fully saturated rings. The van der Waals surface area contributed by atoms with Crippen molar-refractivity contribution in [1.82, 2.24) is 4.90 Å². The Kier molecular flexibility index (Phi) is 4.71. The Morgan fingerprint density at radius 2 is 1.95 bits per heavy atom. The van der Waals surface area contributed by atoms with Crippen molar-refractivity contribution in [3.63, 3.8) is 0 Å². The third kappa shape index (κ3) is 4.89. The van der Waals surface area contributed by atoms with Crippen LogP contribution in [0.2, 0.25) is 0 Å². The standard InChI is InChI=1S/C12H21F3N2O2/c1-11(2,3)19-10(18)17-6-4-5-8(7-17)9(16)12(13,14)15/h8-9H,4-7,16H2,1-3H3/t8-,9+/m1/s1. The van der Waals surface area contributed by atoms with Crippen molar-refractivity contribution in [3.8, 4) is 0 Å². The maximum Gasteiger partial charge on any atom is 0.410 e. The molecule has 0 unspecified atom stereocenters. The van der Waals surface area contributed by atoms with Gasteiger partial charge in [-0.05, 0) is 33.6 Å². The number of carbonyl (C=O) groups is 1. The molecule has 112 valence electrons. The summed E-state index contributed by atoms with van der Waals surface area (Å²) in [7, 11) is 0. The van der Waals surface area contributed by atoms with E-state index in [9.17, 15) is 18.0 Å². The zero-order valence-electron chi connectivity index (χ0n) is 11.5. The van der Waals surface area contributed by atoms with Gasteiger partial charge in [0.25, 0.3) is 0 Å². The van der Waals surface area contributed by atoms with Crippen molar-refractivity contribution in [1.29, 1.82) is 0 Å². The van der Waals surface area contributed by atoms with E-state index in [2.05, 4.69) is 0 Å². The van der Waals surface area contributed by atoms with Gasteiger partial charge in [-0.3, -0.25) is 0 Å². The summed E-state index contributed by atoms with van der Waals surface area (Å²) in [5.74, 6) is -0.763. The second-order valence-electron chi connectivity index (χ2n) is 5.90. The van der Waals surface area contributed by atoms with Crippen LogP contribution in [0.5, 0.6) is 0 Å². The first-order valence-electron chi connectivity index (χ1n) is 6.31. The molecule has 1 rings (SSSR count). The zero-order valence-corrected chi connectivity index (χ0v) is 11.5. The smallest absolute Gasteiger partial charge is 0.410 e. The Hall–Kier alpha value is -0.980. The van der Waals surface area contributed by atoms with Gasteiger partial charge in [0.1, 0.15) is 11.6 Å². The van der Waals surface area contributed by atoms with Crippen molar-refractivity contribution in [3.05, 3.63) is 0 Å². The topological polar surface area (TPSA) is 55.6 Å². The number of amides is 1. The minimum atomic E-state index is -4.43. The van der Waals surface area contributed by atoms with E-state index in [1.54, 1.807) is 20.8 Å². The zero-order chi connectivity index (χ0) is 14.8. The van der Waals surface area contributed by atoms with Crippen LogP contribution in [0.1, 0.15) is 33.6 Å². The number of nitrogens with two attached hydrogens (primary N) is 1. The molecule has 2 N–H and O–H groups in total. The molecule has 4 nitrogen and oxygen atoms in total. The fourth-order valence-corrected chi connectivity index (χ4v) is 2.06. The van der Waals surface area contributed by atoms with Crippen LogP contribution in [0, 0.1) is 5.92 Å². The maximum absolute atomic E-state index is 12.6. The molecule has 0 aromatic carbocycles. The molecule has 7 heteroatoms. The number of nitrogens with zero attached hydrogens (tertiary/aromatic N) is 1. The molecule has 1 heterocycles. The molecule has 0 saturated carbocycles. The number of rotatable bonds is 1. The minimum absolute atomic E-state index is 0.00438. The van der Waals surface area contributed by atoms with E-state index < -0.39 is 29.8 Å². The van der Waals surface area contributed by atoms with Crippen molar-refractivity contribution in [2.75, 3.05) is 13.1 Å². The number of halogens is 3. The molecule has 0 spiro atoms. The summed E-state index contributed by atoms with van der Waals surface area (Å²) in [5.41, 5.74) is 4.55.